The molecule has 1 aliphatic heterocycles. The fourth-order valence-corrected chi connectivity index (χ4v) is 2.44. The molecule has 0 saturated carbocycles. The summed E-state index contributed by atoms with van der Waals surface area (Å²) in [6, 6.07) is 9.75. The van der Waals surface area contributed by atoms with Gasteiger partial charge in [-0.15, -0.1) is 5.10 Å². The first-order valence-corrected chi connectivity index (χ1v) is 6.49. The van der Waals surface area contributed by atoms with E-state index < -0.39 is 0 Å². The van der Waals surface area contributed by atoms with Gasteiger partial charge < -0.3 is 4.42 Å². The van der Waals surface area contributed by atoms with Crippen molar-refractivity contribution < 1.29 is 9.21 Å². The minimum atomic E-state index is 0.000127. The van der Waals surface area contributed by atoms with Gasteiger partial charge in [-0.25, -0.2) is 0 Å². The van der Waals surface area contributed by atoms with Crippen LogP contribution < -0.4 is 4.90 Å². The molecule has 2 aromatic rings. The third-order valence-electron chi connectivity index (χ3n) is 2.74. The molecule has 0 N–H and O–H groups in total. The number of benzene rings is 1. The summed E-state index contributed by atoms with van der Waals surface area (Å²) >= 11 is 3.42. The molecule has 0 aliphatic carbocycles. The van der Waals surface area contributed by atoms with E-state index in [0.29, 0.717) is 18.9 Å². The lowest BCUT2D eigenvalue weighted by Crippen LogP contribution is -2.24. The van der Waals surface area contributed by atoms with Crippen LogP contribution in [0.5, 0.6) is 0 Å². The molecule has 2 heterocycles. The fraction of sp³-hybridized carbons (Fsp3) is 0.250. The second kappa shape index (κ2) is 4.53. The van der Waals surface area contributed by atoms with Gasteiger partial charge in [0, 0.05) is 23.4 Å². The second-order valence-corrected chi connectivity index (χ2v) is 5.36. The maximum absolute atomic E-state index is 11.7. The summed E-state index contributed by atoms with van der Waals surface area (Å²) < 4.78 is 5.53. The zero-order chi connectivity index (χ0) is 12.5. The maximum Gasteiger partial charge on any atom is 0.325 e. The van der Waals surface area contributed by atoms with E-state index in [2.05, 4.69) is 26.1 Å². The topological polar surface area (TPSA) is 59.2 Å². The molecule has 5 nitrogen and oxygen atoms in total. The largest absolute Gasteiger partial charge is 0.403 e. The van der Waals surface area contributed by atoms with Crippen LogP contribution in [-0.4, -0.2) is 27.5 Å². The summed E-state index contributed by atoms with van der Waals surface area (Å²) in [5.41, 5.74) is 0.846. The first-order chi connectivity index (χ1) is 8.74. The Hall–Kier alpha value is -1.69. The summed E-state index contributed by atoms with van der Waals surface area (Å²) in [4.78, 5) is 13.4. The molecule has 1 amide bonds. The van der Waals surface area contributed by atoms with Crippen LogP contribution in [0.4, 0.5) is 6.01 Å². The van der Waals surface area contributed by atoms with Crippen molar-refractivity contribution in [2.24, 2.45) is 0 Å². The van der Waals surface area contributed by atoms with Crippen LogP contribution in [0.25, 0.3) is 11.5 Å². The number of halogens is 1. The van der Waals surface area contributed by atoms with Crippen LogP contribution in [-0.2, 0) is 4.79 Å². The Morgan fingerprint density at radius 2 is 2.06 bits per heavy atom. The molecular weight excluding hydrogens is 298 g/mol. The number of amides is 1. The number of carbonyl (C=O) groups excluding carboxylic acids is 1. The van der Waals surface area contributed by atoms with Gasteiger partial charge in [0.15, 0.2) is 0 Å². The predicted octanol–water partition coefficient (Wildman–Crippen LogP) is 2.24. The van der Waals surface area contributed by atoms with E-state index in [9.17, 15) is 4.79 Å². The molecule has 92 valence electrons. The summed E-state index contributed by atoms with van der Waals surface area (Å²) in [6.45, 7) is 0.565. The van der Waals surface area contributed by atoms with Crippen LogP contribution in [0.1, 0.15) is 6.42 Å². The van der Waals surface area contributed by atoms with Crippen molar-refractivity contribution in [2.45, 2.75) is 11.2 Å². The average molecular weight is 308 g/mol. The lowest BCUT2D eigenvalue weighted by atomic mass is 10.2. The third-order valence-corrected chi connectivity index (χ3v) is 3.36. The molecule has 1 unspecified atom stereocenters. The van der Waals surface area contributed by atoms with Gasteiger partial charge in [-0.05, 0) is 12.1 Å². The zero-order valence-electron chi connectivity index (χ0n) is 9.41. The van der Waals surface area contributed by atoms with Crippen molar-refractivity contribution in [3.05, 3.63) is 30.3 Å². The van der Waals surface area contributed by atoms with Crippen molar-refractivity contribution in [3.8, 4) is 11.5 Å². The van der Waals surface area contributed by atoms with Gasteiger partial charge in [0.1, 0.15) is 0 Å². The van der Waals surface area contributed by atoms with Gasteiger partial charge in [0.25, 0.3) is 0 Å². The Balaban J connectivity index is 1.88. The van der Waals surface area contributed by atoms with E-state index >= 15 is 0 Å². The van der Waals surface area contributed by atoms with E-state index in [0.717, 1.165) is 5.56 Å². The average Bonchev–Trinajstić information content (AvgIpc) is 2.97. The van der Waals surface area contributed by atoms with Crippen molar-refractivity contribution >= 4 is 27.9 Å². The van der Waals surface area contributed by atoms with E-state index in [1.807, 2.05) is 30.3 Å². The van der Waals surface area contributed by atoms with Gasteiger partial charge in [-0.1, -0.05) is 39.2 Å². The summed E-state index contributed by atoms with van der Waals surface area (Å²) in [5.74, 6) is 0.427. The number of carbonyl (C=O) groups is 1. The van der Waals surface area contributed by atoms with Crippen molar-refractivity contribution in [1.29, 1.82) is 0 Å². The first kappa shape index (κ1) is 11.4. The third kappa shape index (κ3) is 2.03. The highest BCUT2D eigenvalue weighted by Crippen LogP contribution is 2.26. The number of hydrogen-bond donors (Lipinski definition) is 0. The highest BCUT2D eigenvalue weighted by Gasteiger charge is 2.32. The zero-order valence-corrected chi connectivity index (χ0v) is 11.0. The number of rotatable bonds is 2. The van der Waals surface area contributed by atoms with Gasteiger partial charge >= 0.3 is 6.01 Å². The molecule has 0 bridgehead atoms. The molecule has 1 aliphatic rings. The molecule has 0 radical (unpaired) electrons. The lowest BCUT2D eigenvalue weighted by molar-refractivity contribution is -0.117. The summed E-state index contributed by atoms with van der Waals surface area (Å²) in [5, 5.41) is 7.89. The monoisotopic (exact) mass is 307 g/mol. The van der Waals surface area contributed by atoms with E-state index in [-0.39, 0.29) is 16.7 Å². The smallest absolute Gasteiger partial charge is 0.325 e. The number of aromatic nitrogens is 2. The van der Waals surface area contributed by atoms with Crippen LogP contribution in [0.3, 0.4) is 0 Å². The van der Waals surface area contributed by atoms with Crippen molar-refractivity contribution in [3.63, 3.8) is 0 Å². The van der Waals surface area contributed by atoms with Crippen LogP contribution in [0.2, 0.25) is 0 Å². The number of hydrogen-bond acceptors (Lipinski definition) is 4. The second-order valence-electron chi connectivity index (χ2n) is 4.06. The predicted molar refractivity (Wildman–Crippen MR) is 69.4 cm³/mol. The Morgan fingerprint density at radius 3 is 2.72 bits per heavy atom. The molecule has 1 atom stereocenters. The molecule has 6 heteroatoms. The molecular formula is C12H10BrN3O2. The number of anilines is 1. The SMILES string of the molecule is O=C1CC(Br)CN1c1nnc(-c2ccccc2)o1. The van der Waals surface area contributed by atoms with Crippen molar-refractivity contribution in [1.82, 2.24) is 10.2 Å². The quantitative estimate of drug-likeness (QED) is 0.798. The highest BCUT2D eigenvalue weighted by molar-refractivity contribution is 9.09. The normalized spacial score (nSPS) is 19.5. The van der Waals surface area contributed by atoms with Gasteiger partial charge in [0.05, 0.1) is 0 Å². The Labute approximate surface area is 112 Å². The summed E-state index contributed by atoms with van der Waals surface area (Å²) in [7, 11) is 0. The molecule has 18 heavy (non-hydrogen) atoms. The van der Waals surface area contributed by atoms with Crippen LogP contribution in [0, 0.1) is 0 Å². The van der Waals surface area contributed by atoms with E-state index in [1.165, 1.54) is 4.90 Å². The molecule has 1 fully saturated rings. The molecule has 1 saturated heterocycles. The number of nitrogens with zero attached hydrogens (tertiary/aromatic N) is 3. The lowest BCUT2D eigenvalue weighted by Gasteiger charge is -2.08. The minimum Gasteiger partial charge on any atom is -0.403 e. The highest BCUT2D eigenvalue weighted by atomic mass is 79.9. The van der Waals surface area contributed by atoms with E-state index in [1.54, 1.807) is 0 Å². The first-order valence-electron chi connectivity index (χ1n) is 5.57. The molecule has 0 spiro atoms. The Morgan fingerprint density at radius 1 is 1.28 bits per heavy atom. The number of alkyl halides is 1. The van der Waals surface area contributed by atoms with Gasteiger partial charge in [-0.2, -0.15) is 0 Å². The summed E-state index contributed by atoms with van der Waals surface area (Å²) in [6.07, 6.45) is 0.461. The maximum atomic E-state index is 11.7. The fourth-order valence-electron chi connectivity index (χ4n) is 1.87. The van der Waals surface area contributed by atoms with Gasteiger partial charge in [0.2, 0.25) is 11.8 Å². The molecule has 1 aromatic heterocycles. The van der Waals surface area contributed by atoms with E-state index in [4.69, 9.17) is 4.42 Å². The Kier molecular flexibility index (Phi) is 2.87. The molecule has 3 rings (SSSR count). The van der Waals surface area contributed by atoms with Crippen LogP contribution >= 0.6 is 15.9 Å². The van der Waals surface area contributed by atoms with Crippen LogP contribution in [0.15, 0.2) is 34.7 Å². The van der Waals surface area contributed by atoms with Gasteiger partial charge in [-0.3, -0.25) is 9.69 Å². The van der Waals surface area contributed by atoms with Crippen molar-refractivity contribution in [2.75, 3.05) is 11.4 Å². The Bertz CT molecular complexity index is 570. The molecule has 1 aromatic carbocycles. The minimum absolute atomic E-state index is 0.000127. The standard InChI is InChI=1S/C12H10BrN3O2/c13-9-6-10(17)16(7-9)12-15-14-11(18-12)8-4-2-1-3-5-8/h1-5,9H,6-7H2.